The fourth-order valence-electron chi connectivity index (χ4n) is 1.01. The van der Waals surface area contributed by atoms with E-state index in [-0.39, 0.29) is 0 Å². The van der Waals surface area contributed by atoms with E-state index in [0.717, 1.165) is 19.6 Å². The van der Waals surface area contributed by atoms with E-state index in [0.29, 0.717) is 0 Å². The predicted molar refractivity (Wildman–Crippen MR) is 33.6 cm³/mol. The summed E-state index contributed by atoms with van der Waals surface area (Å²) in [5, 5.41) is 7.00. The molecule has 0 saturated heterocycles. The maximum absolute atomic E-state index is 3.88. The molecular formula is C5H8N4+. The van der Waals surface area contributed by atoms with Crippen molar-refractivity contribution in [3.05, 3.63) is 0 Å². The van der Waals surface area contributed by atoms with E-state index in [1.807, 2.05) is 4.68 Å². The Bertz CT molecular complexity index is 181. The predicted octanol–water partition coefficient (Wildman–Crippen LogP) is -1.44. The molecule has 2 heterocycles. The molecule has 2 rings (SSSR count). The van der Waals surface area contributed by atoms with E-state index < -0.39 is 0 Å². The summed E-state index contributed by atoms with van der Waals surface area (Å²) in [6, 6.07) is 0. The summed E-state index contributed by atoms with van der Waals surface area (Å²) >= 11 is 0. The van der Waals surface area contributed by atoms with Crippen molar-refractivity contribution < 1.29 is 4.68 Å². The van der Waals surface area contributed by atoms with Crippen molar-refractivity contribution in [1.82, 2.24) is 10.9 Å². The molecule has 47 valence electrons. The van der Waals surface area contributed by atoms with E-state index in [1.165, 1.54) is 5.71 Å². The quantitative estimate of drug-likeness (QED) is 0.395. The maximum Gasteiger partial charge on any atom is 0.213 e. The van der Waals surface area contributed by atoms with Gasteiger partial charge >= 0.3 is 0 Å². The molecule has 2 aliphatic rings. The molecular weight excluding hydrogens is 116 g/mol. The molecule has 0 aromatic rings. The SMILES string of the molecule is C1=N[N][N+]2=C1CNCC2. The van der Waals surface area contributed by atoms with Crippen LogP contribution >= 0.6 is 0 Å². The van der Waals surface area contributed by atoms with Crippen LogP contribution in [0.25, 0.3) is 0 Å². The highest BCUT2D eigenvalue weighted by atomic mass is 15.6. The van der Waals surface area contributed by atoms with Crippen molar-refractivity contribution in [3.8, 4) is 0 Å². The van der Waals surface area contributed by atoms with Crippen LogP contribution in [-0.4, -0.2) is 36.2 Å². The molecule has 0 bridgehead atoms. The average Bonchev–Trinajstić information content (AvgIpc) is 2.33. The van der Waals surface area contributed by atoms with Crippen molar-refractivity contribution >= 4 is 11.9 Å². The van der Waals surface area contributed by atoms with Gasteiger partial charge in [0.25, 0.3) is 0 Å². The van der Waals surface area contributed by atoms with Gasteiger partial charge in [0, 0.05) is 6.54 Å². The summed E-state index contributed by atoms with van der Waals surface area (Å²) in [4.78, 5) is 0. The molecule has 4 nitrogen and oxygen atoms in total. The average molecular weight is 124 g/mol. The monoisotopic (exact) mass is 124 g/mol. The normalized spacial score (nSPS) is 24.0. The molecule has 0 spiro atoms. The van der Waals surface area contributed by atoms with Gasteiger partial charge in [-0.1, -0.05) is 0 Å². The highest BCUT2D eigenvalue weighted by molar-refractivity contribution is 6.29. The Labute approximate surface area is 53.2 Å². The lowest BCUT2D eigenvalue weighted by atomic mass is 10.3. The number of nitrogens with zero attached hydrogens (tertiary/aromatic N) is 3. The molecule has 1 radical (unpaired) electrons. The van der Waals surface area contributed by atoms with Crippen molar-refractivity contribution in [3.63, 3.8) is 0 Å². The van der Waals surface area contributed by atoms with Crippen LogP contribution in [0.1, 0.15) is 0 Å². The third-order valence-corrected chi connectivity index (χ3v) is 1.50. The Morgan fingerprint density at radius 2 is 2.67 bits per heavy atom. The first-order chi connectivity index (χ1) is 4.47. The van der Waals surface area contributed by atoms with E-state index >= 15 is 0 Å². The summed E-state index contributed by atoms with van der Waals surface area (Å²) in [6.07, 6.45) is 1.80. The van der Waals surface area contributed by atoms with Gasteiger partial charge in [0.15, 0.2) is 5.71 Å². The Morgan fingerprint density at radius 3 is 3.56 bits per heavy atom. The van der Waals surface area contributed by atoms with Crippen LogP contribution in [-0.2, 0) is 0 Å². The van der Waals surface area contributed by atoms with Crippen molar-refractivity contribution in [1.29, 1.82) is 0 Å². The van der Waals surface area contributed by atoms with Crippen molar-refractivity contribution in [2.75, 3.05) is 19.6 Å². The Morgan fingerprint density at radius 1 is 1.67 bits per heavy atom. The van der Waals surface area contributed by atoms with Crippen LogP contribution in [0.5, 0.6) is 0 Å². The first-order valence-electron chi connectivity index (χ1n) is 3.05. The highest BCUT2D eigenvalue weighted by Gasteiger charge is 2.22. The third kappa shape index (κ3) is 0.712. The van der Waals surface area contributed by atoms with Crippen LogP contribution < -0.4 is 10.9 Å². The number of hydrogen-bond acceptors (Lipinski definition) is 2. The number of rotatable bonds is 0. The molecule has 0 aromatic carbocycles. The number of hydrogen-bond donors (Lipinski definition) is 1. The van der Waals surface area contributed by atoms with Crippen molar-refractivity contribution in [2.45, 2.75) is 0 Å². The second-order valence-corrected chi connectivity index (χ2v) is 2.13. The summed E-state index contributed by atoms with van der Waals surface area (Å²) in [5.41, 5.74) is 5.07. The Hall–Kier alpha value is -0.900. The molecule has 0 aromatic heterocycles. The third-order valence-electron chi connectivity index (χ3n) is 1.50. The minimum Gasteiger partial charge on any atom is -0.305 e. The lowest BCUT2D eigenvalue weighted by Gasteiger charge is -2.07. The van der Waals surface area contributed by atoms with E-state index in [9.17, 15) is 0 Å². The molecule has 0 fully saturated rings. The molecule has 0 atom stereocenters. The highest BCUT2D eigenvalue weighted by Crippen LogP contribution is 1.88. The smallest absolute Gasteiger partial charge is 0.213 e. The van der Waals surface area contributed by atoms with Gasteiger partial charge in [-0.15, -0.1) is 4.68 Å². The summed E-state index contributed by atoms with van der Waals surface area (Å²) in [7, 11) is 0. The molecule has 0 amide bonds. The zero-order valence-corrected chi connectivity index (χ0v) is 5.04. The van der Waals surface area contributed by atoms with Gasteiger partial charge in [0.2, 0.25) is 6.21 Å². The van der Waals surface area contributed by atoms with Crippen LogP contribution in [0.3, 0.4) is 0 Å². The summed E-state index contributed by atoms with van der Waals surface area (Å²) < 4.78 is 1.93. The molecule has 0 unspecified atom stereocenters. The maximum atomic E-state index is 3.88. The minimum atomic E-state index is 0.910. The molecule has 0 aliphatic carbocycles. The fourth-order valence-corrected chi connectivity index (χ4v) is 1.01. The van der Waals surface area contributed by atoms with Gasteiger partial charge < -0.3 is 5.32 Å². The first kappa shape index (κ1) is 4.93. The Balaban J connectivity index is 2.24. The van der Waals surface area contributed by atoms with Gasteiger partial charge in [-0.25, -0.2) is 0 Å². The molecule has 1 N–H and O–H groups in total. The largest absolute Gasteiger partial charge is 0.305 e. The molecule has 0 saturated carbocycles. The van der Waals surface area contributed by atoms with E-state index in [4.69, 9.17) is 0 Å². The van der Waals surface area contributed by atoms with Crippen LogP contribution in [0.15, 0.2) is 5.10 Å². The fraction of sp³-hybridized carbons (Fsp3) is 0.600. The van der Waals surface area contributed by atoms with Gasteiger partial charge in [0.1, 0.15) is 12.1 Å². The van der Waals surface area contributed by atoms with Gasteiger partial charge in [-0.3, -0.25) is 0 Å². The number of nitrogens with one attached hydrogen (secondary N) is 1. The minimum absolute atomic E-state index is 0.910. The Kier molecular flexibility index (Phi) is 0.989. The zero-order chi connectivity index (χ0) is 6.10. The first-order valence-corrected chi connectivity index (χ1v) is 3.05. The second-order valence-electron chi connectivity index (χ2n) is 2.13. The molecule has 9 heavy (non-hydrogen) atoms. The van der Waals surface area contributed by atoms with Crippen LogP contribution in [0.2, 0.25) is 0 Å². The van der Waals surface area contributed by atoms with Gasteiger partial charge in [0.05, 0.1) is 11.6 Å². The van der Waals surface area contributed by atoms with Gasteiger partial charge in [-0.2, -0.15) is 0 Å². The van der Waals surface area contributed by atoms with Crippen molar-refractivity contribution in [2.24, 2.45) is 5.10 Å². The topological polar surface area (TPSA) is 41.5 Å². The van der Waals surface area contributed by atoms with Crippen LogP contribution in [0.4, 0.5) is 0 Å². The zero-order valence-electron chi connectivity index (χ0n) is 5.04. The second kappa shape index (κ2) is 1.80. The lowest BCUT2D eigenvalue weighted by Crippen LogP contribution is -2.41. The molecule has 2 aliphatic heterocycles. The molecule has 4 heteroatoms. The lowest BCUT2D eigenvalue weighted by molar-refractivity contribution is -0.589. The van der Waals surface area contributed by atoms with E-state index in [1.54, 1.807) is 6.21 Å². The van der Waals surface area contributed by atoms with Gasteiger partial charge in [-0.05, 0) is 0 Å². The van der Waals surface area contributed by atoms with Crippen LogP contribution in [0, 0.1) is 0 Å². The standard InChI is InChI=1S/C5H8N4/c1-2-9-5(3-6-1)4-7-8-9/h4,6H,1-3H2/q+1. The van der Waals surface area contributed by atoms with E-state index in [2.05, 4.69) is 16.0 Å². The summed E-state index contributed by atoms with van der Waals surface area (Å²) in [5.74, 6) is 0. The summed E-state index contributed by atoms with van der Waals surface area (Å²) in [6.45, 7) is 2.87.